The molecule has 0 fully saturated rings. The van der Waals surface area contributed by atoms with Crippen molar-refractivity contribution in [1.82, 2.24) is 14.7 Å². The number of hydrogen-bond acceptors (Lipinski definition) is 5. The van der Waals surface area contributed by atoms with Crippen LogP contribution >= 0.6 is 0 Å². The highest BCUT2D eigenvalue weighted by molar-refractivity contribution is 5.96. The van der Waals surface area contributed by atoms with Gasteiger partial charge in [0.05, 0.1) is 11.3 Å². The summed E-state index contributed by atoms with van der Waals surface area (Å²) in [5.74, 6) is 1.72. The maximum Gasteiger partial charge on any atom is 0.255 e. The van der Waals surface area contributed by atoms with E-state index in [2.05, 4.69) is 10.3 Å². The van der Waals surface area contributed by atoms with E-state index in [1.807, 2.05) is 66.2 Å². The van der Waals surface area contributed by atoms with Crippen LogP contribution in [0.15, 0.2) is 67.0 Å². The van der Waals surface area contributed by atoms with E-state index in [1.165, 1.54) is 0 Å². The fourth-order valence-electron chi connectivity index (χ4n) is 3.53. The molecule has 0 saturated heterocycles. The predicted octanol–water partition coefficient (Wildman–Crippen LogP) is 3.88. The van der Waals surface area contributed by atoms with Gasteiger partial charge in [-0.3, -0.25) is 4.79 Å². The van der Waals surface area contributed by atoms with E-state index in [4.69, 9.17) is 14.2 Å². The van der Waals surface area contributed by atoms with E-state index in [0.29, 0.717) is 23.6 Å². The largest absolute Gasteiger partial charge is 0.486 e. The first-order valence-corrected chi connectivity index (χ1v) is 9.99. The van der Waals surface area contributed by atoms with Crippen LogP contribution in [-0.4, -0.2) is 22.1 Å². The Morgan fingerprint density at radius 1 is 1.13 bits per heavy atom. The number of fused-ring (bicyclic) bond motifs is 2. The lowest BCUT2D eigenvalue weighted by Gasteiger charge is -2.11. The summed E-state index contributed by atoms with van der Waals surface area (Å²) in [7, 11) is 0. The van der Waals surface area contributed by atoms with E-state index in [-0.39, 0.29) is 19.3 Å². The Morgan fingerprint density at radius 3 is 2.90 bits per heavy atom. The van der Waals surface area contributed by atoms with Crippen LogP contribution < -0.4 is 19.5 Å². The maximum absolute atomic E-state index is 12.8. The zero-order valence-electron chi connectivity index (χ0n) is 17.0. The number of aromatic nitrogens is 2. The summed E-state index contributed by atoms with van der Waals surface area (Å²) in [6.45, 7) is 2.89. The van der Waals surface area contributed by atoms with Gasteiger partial charge >= 0.3 is 0 Å². The molecular formula is C24H21N3O4. The third kappa shape index (κ3) is 3.90. The normalized spacial score (nSPS) is 12.2. The molecule has 4 aromatic rings. The highest BCUT2D eigenvalue weighted by atomic mass is 16.7. The number of ether oxygens (including phenoxy) is 3. The number of hydrogen-bond donors (Lipinski definition) is 1. The lowest BCUT2D eigenvalue weighted by molar-refractivity contribution is 0.0946. The minimum atomic E-state index is -0.209. The first-order chi connectivity index (χ1) is 15.2. The number of nitrogens with zero attached hydrogens (tertiary/aromatic N) is 2. The van der Waals surface area contributed by atoms with Crippen molar-refractivity contribution < 1.29 is 19.0 Å². The second-order valence-electron chi connectivity index (χ2n) is 7.31. The summed E-state index contributed by atoms with van der Waals surface area (Å²) in [6.07, 6.45) is 3.89. The highest BCUT2D eigenvalue weighted by Gasteiger charge is 2.15. The highest BCUT2D eigenvalue weighted by Crippen LogP contribution is 2.32. The summed E-state index contributed by atoms with van der Waals surface area (Å²) in [5, 5.41) is 2.94. The second-order valence-corrected chi connectivity index (χ2v) is 7.31. The molecule has 3 heterocycles. The molecule has 0 unspecified atom stereocenters. The van der Waals surface area contributed by atoms with Crippen molar-refractivity contribution in [3.63, 3.8) is 0 Å². The molecule has 2 aromatic heterocycles. The summed E-state index contributed by atoms with van der Waals surface area (Å²) in [4.78, 5) is 17.4. The molecule has 2 aromatic carbocycles. The van der Waals surface area contributed by atoms with Crippen molar-refractivity contribution in [3.8, 4) is 17.2 Å². The monoisotopic (exact) mass is 415 g/mol. The van der Waals surface area contributed by atoms with E-state index >= 15 is 0 Å². The quantitative estimate of drug-likeness (QED) is 0.517. The van der Waals surface area contributed by atoms with Gasteiger partial charge < -0.3 is 23.9 Å². The van der Waals surface area contributed by atoms with Crippen LogP contribution in [-0.2, 0) is 13.2 Å². The number of benzene rings is 2. The minimum absolute atomic E-state index is 0.209. The molecule has 1 N–H and O–H groups in total. The number of imidazole rings is 1. The summed E-state index contributed by atoms with van der Waals surface area (Å²) in [6, 6.07) is 16.8. The molecule has 31 heavy (non-hydrogen) atoms. The zero-order valence-corrected chi connectivity index (χ0v) is 17.0. The first-order valence-electron chi connectivity index (χ1n) is 9.99. The smallest absolute Gasteiger partial charge is 0.255 e. The van der Waals surface area contributed by atoms with E-state index in [1.54, 1.807) is 12.1 Å². The standard InChI is InChI=1S/C24H21N3O4/c1-16-5-4-10-27-13-18(26-23(16)27)14-29-20-7-3-2-6-19(20)24(28)25-12-17-8-9-21-22(11-17)31-15-30-21/h2-11,13H,12,14-15H2,1H3,(H,25,28). The Morgan fingerprint density at radius 2 is 2.00 bits per heavy atom. The van der Waals surface area contributed by atoms with Crippen molar-refractivity contribution in [2.45, 2.75) is 20.1 Å². The molecule has 0 aliphatic carbocycles. The molecule has 1 aliphatic heterocycles. The van der Waals surface area contributed by atoms with Gasteiger partial charge in [-0.05, 0) is 48.4 Å². The Kier molecular flexibility index (Phi) is 4.92. The molecule has 0 radical (unpaired) electrons. The number of pyridine rings is 1. The molecule has 0 bridgehead atoms. The Bertz CT molecular complexity index is 1260. The molecular weight excluding hydrogens is 394 g/mol. The van der Waals surface area contributed by atoms with Gasteiger partial charge in [-0.1, -0.05) is 24.3 Å². The number of nitrogens with one attached hydrogen (secondary N) is 1. The summed E-state index contributed by atoms with van der Waals surface area (Å²) in [5.41, 5.74) is 4.19. The topological polar surface area (TPSA) is 74.1 Å². The number of para-hydroxylation sites is 1. The number of carbonyl (C=O) groups excluding carboxylic acids is 1. The van der Waals surface area contributed by atoms with Crippen LogP contribution in [0.5, 0.6) is 17.2 Å². The summed E-state index contributed by atoms with van der Waals surface area (Å²) >= 11 is 0. The molecule has 0 saturated carbocycles. The predicted molar refractivity (Wildman–Crippen MR) is 114 cm³/mol. The Hall–Kier alpha value is -4.00. The van der Waals surface area contributed by atoms with Crippen molar-refractivity contribution in [3.05, 3.63) is 89.4 Å². The first kappa shape index (κ1) is 19.0. The number of aryl methyl sites for hydroxylation is 1. The average molecular weight is 415 g/mol. The van der Waals surface area contributed by atoms with Gasteiger partial charge in [0.15, 0.2) is 11.5 Å². The van der Waals surface area contributed by atoms with Crippen molar-refractivity contribution in [2.75, 3.05) is 6.79 Å². The van der Waals surface area contributed by atoms with Crippen LogP contribution in [0.2, 0.25) is 0 Å². The number of rotatable bonds is 6. The van der Waals surface area contributed by atoms with E-state index in [0.717, 1.165) is 28.2 Å². The van der Waals surface area contributed by atoms with Crippen LogP contribution in [0.1, 0.15) is 27.2 Å². The fourth-order valence-corrected chi connectivity index (χ4v) is 3.53. The van der Waals surface area contributed by atoms with Crippen LogP contribution in [0, 0.1) is 6.92 Å². The minimum Gasteiger partial charge on any atom is -0.486 e. The number of amides is 1. The molecule has 0 spiro atoms. The Labute approximate surface area is 179 Å². The number of carbonyl (C=O) groups is 1. The molecule has 5 rings (SSSR count). The third-order valence-corrected chi connectivity index (χ3v) is 5.13. The third-order valence-electron chi connectivity index (χ3n) is 5.13. The van der Waals surface area contributed by atoms with Gasteiger partial charge in [0.25, 0.3) is 5.91 Å². The molecule has 0 atom stereocenters. The van der Waals surface area contributed by atoms with Crippen LogP contribution in [0.4, 0.5) is 0 Å². The molecule has 1 aliphatic rings. The van der Waals surface area contributed by atoms with Gasteiger partial charge in [0.2, 0.25) is 6.79 Å². The maximum atomic E-state index is 12.8. The van der Waals surface area contributed by atoms with Gasteiger partial charge in [-0.25, -0.2) is 4.98 Å². The SMILES string of the molecule is Cc1cccn2cc(COc3ccccc3C(=O)NCc3ccc4c(c3)OCO4)nc12. The van der Waals surface area contributed by atoms with Crippen molar-refractivity contribution in [1.29, 1.82) is 0 Å². The van der Waals surface area contributed by atoms with Gasteiger partial charge in [-0.2, -0.15) is 0 Å². The summed E-state index contributed by atoms with van der Waals surface area (Å²) < 4.78 is 18.6. The fraction of sp³-hybridized carbons (Fsp3) is 0.167. The van der Waals surface area contributed by atoms with Crippen LogP contribution in [0.3, 0.4) is 0 Å². The van der Waals surface area contributed by atoms with E-state index < -0.39 is 0 Å². The average Bonchev–Trinajstić information content (AvgIpc) is 3.43. The van der Waals surface area contributed by atoms with Gasteiger partial charge in [-0.15, -0.1) is 0 Å². The van der Waals surface area contributed by atoms with Gasteiger partial charge in [0, 0.05) is 18.9 Å². The lowest BCUT2D eigenvalue weighted by Crippen LogP contribution is -2.23. The van der Waals surface area contributed by atoms with Crippen molar-refractivity contribution in [2.24, 2.45) is 0 Å². The van der Waals surface area contributed by atoms with E-state index in [9.17, 15) is 4.79 Å². The molecule has 1 amide bonds. The molecule has 156 valence electrons. The molecule has 7 heteroatoms. The lowest BCUT2D eigenvalue weighted by atomic mass is 10.1. The van der Waals surface area contributed by atoms with Crippen LogP contribution in [0.25, 0.3) is 5.65 Å². The molecule has 7 nitrogen and oxygen atoms in total. The second kappa shape index (κ2) is 8.02. The van der Waals surface area contributed by atoms with Crippen molar-refractivity contribution >= 4 is 11.6 Å². The Balaban J connectivity index is 1.27. The zero-order chi connectivity index (χ0) is 21.2. The van der Waals surface area contributed by atoms with Gasteiger partial charge in [0.1, 0.15) is 18.0 Å².